The molecule has 0 radical (unpaired) electrons. The quantitative estimate of drug-likeness (QED) is 0.580. The summed E-state index contributed by atoms with van der Waals surface area (Å²) in [5.74, 6) is -2.04. The molecule has 3 fully saturated rings. The van der Waals surface area contributed by atoms with E-state index in [1.54, 1.807) is 6.92 Å². The maximum Gasteiger partial charge on any atom is 0.192 e. The largest absolute Gasteiger partial charge is 0.479 e. The van der Waals surface area contributed by atoms with Gasteiger partial charge in [-0.3, -0.25) is 4.79 Å². The molecule has 0 bridgehead atoms. The lowest BCUT2D eigenvalue weighted by atomic mass is 9.44. The summed E-state index contributed by atoms with van der Waals surface area (Å²) in [5, 5.41) is 23.5. The molecule has 0 spiro atoms. The molecule has 4 aliphatic carbocycles. The molecule has 1 aromatic carbocycles. The van der Waals surface area contributed by atoms with E-state index in [1.165, 1.54) is 18.2 Å². The van der Waals surface area contributed by atoms with Crippen LogP contribution >= 0.6 is 12.2 Å². The lowest BCUT2D eigenvalue weighted by Crippen LogP contribution is -2.70. The zero-order valence-electron chi connectivity index (χ0n) is 20.2. The molecule has 0 amide bonds. The van der Waals surface area contributed by atoms with E-state index in [1.807, 2.05) is 44.2 Å². The van der Waals surface area contributed by atoms with Crippen molar-refractivity contribution in [2.45, 2.75) is 70.2 Å². The Morgan fingerprint density at radius 2 is 1.89 bits per heavy atom. The van der Waals surface area contributed by atoms with Gasteiger partial charge >= 0.3 is 0 Å². The molecule has 0 saturated heterocycles. The summed E-state index contributed by atoms with van der Waals surface area (Å²) in [6.45, 7) is 5.44. The minimum atomic E-state index is -2.18. The van der Waals surface area contributed by atoms with Crippen molar-refractivity contribution in [3.8, 4) is 0 Å². The van der Waals surface area contributed by atoms with Crippen molar-refractivity contribution >= 4 is 23.1 Å². The van der Waals surface area contributed by atoms with Gasteiger partial charge in [-0.1, -0.05) is 50.3 Å². The fourth-order valence-electron chi connectivity index (χ4n) is 7.81. The Balaban J connectivity index is 1.51. The Morgan fingerprint density at radius 1 is 1.20 bits per heavy atom. The maximum absolute atomic E-state index is 17.2. The fraction of sp³-hybridized carbons (Fsp3) is 0.571. The first kappa shape index (κ1) is 24.7. The van der Waals surface area contributed by atoms with Crippen LogP contribution in [0.15, 0.2) is 54.1 Å². The first-order chi connectivity index (χ1) is 16.4. The molecule has 0 heterocycles. The smallest absolute Gasteiger partial charge is 0.192 e. The van der Waals surface area contributed by atoms with E-state index in [0.29, 0.717) is 6.42 Å². The highest BCUT2D eigenvalue weighted by molar-refractivity contribution is 7.80. The molecule has 7 heteroatoms. The van der Waals surface area contributed by atoms with Crippen molar-refractivity contribution in [1.82, 2.24) is 0 Å². The maximum atomic E-state index is 17.2. The summed E-state index contributed by atoms with van der Waals surface area (Å²) >= 11 is 5.63. The molecule has 35 heavy (non-hydrogen) atoms. The number of rotatable bonds is 3. The summed E-state index contributed by atoms with van der Waals surface area (Å²) in [6.07, 6.45) is 1.09. The molecule has 1 aromatic rings. The number of hydrogen-bond donors (Lipinski definition) is 2. The van der Waals surface area contributed by atoms with E-state index < -0.39 is 46.2 Å². The normalized spacial score (nSPS) is 46.3. The van der Waals surface area contributed by atoms with Crippen molar-refractivity contribution in [3.05, 3.63) is 59.7 Å². The molecule has 9 atom stereocenters. The number of alkyl halides is 2. The second kappa shape index (κ2) is 8.02. The van der Waals surface area contributed by atoms with Crippen LogP contribution in [0, 0.1) is 28.6 Å². The van der Waals surface area contributed by atoms with E-state index in [0.717, 1.165) is 5.56 Å². The summed E-state index contributed by atoms with van der Waals surface area (Å²) in [4.78, 5) is 12.0. The van der Waals surface area contributed by atoms with Crippen LogP contribution in [0.3, 0.4) is 0 Å². The van der Waals surface area contributed by atoms with E-state index in [4.69, 9.17) is 17.0 Å². The van der Waals surface area contributed by atoms with Gasteiger partial charge in [0.2, 0.25) is 0 Å². The minimum absolute atomic E-state index is 0.0278. The molecule has 2 N–H and O–H groups in total. The molecule has 0 unspecified atom stereocenters. The van der Waals surface area contributed by atoms with E-state index in [-0.39, 0.29) is 41.8 Å². The van der Waals surface area contributed by atoms with Crippen LogP contribution in [0.4, 0.5) is 8.78 Å². The summed E-state index contributed by atoms with van der Waals surface area (Å²) in [6, 6.07) is 9.46. The SMILES string of the molecule is C[C@@H]1C[C@H]2[C@@H]3C[C@H](F)C4=CC(=O)C=C[C@]4(C)[C@@]3(F)[C@H](O)C[C@]2(C)[C@@]1(O)C(=S)OCc1ccccc1. The third kappa shape index (κ3) is 3.13. The fourth-order valence-corrected chi connectivity index (χ4v) is 8.30. The summed E-state index contributed by atoms with van der Waals surface area (Å²) in [7, 11) is 0. The van der Waals surface area contributed by atoms with Crippen LogP contribution < -0.4 is 0 Å². The molecule has 4 nitrogen and oxygen atoms in total. The van der Waals surface area contributed by atoms with Gasteiger partial charge in [-0.15, -0.1) is 0 Å². The highest BCUT2D eigenvalue weighted by Crippen LogP contribution is 2.71. The number of fused-ring (bicyclic) bond motifs is 5. The number of aliphatic hydroxyl groups excluding tert-OH is 1. The van der Waals surface area contributed by atoms with Crippen molar-refractivity contribution in [2.24, 2.45) is 28.6 Å². The van der Waals surface area contributed by atoms with Crippen LogP contribution in [-0.2, 0) is 16.1 Å². The second-order valence-electron chi connectivity index (χ2n) is 11.3. The molecular weight excluding hydrogens is 470 g/mol. The van der Waals surface area contributed by atoms with Crippen molar-refractivity contribution < 1.29 is 28.5 Å². The number of carbonyl (C=O) groups excluding carboxylic acids is 1. The molecule has 5 rings (SSSR count). The standard InChI is InChI=1S/C28H32F2O4S/c1-16-11-19-20-13-22(29)21-12-18(31)9-10-25(21,2)27(20,30)23(32)14-26(19,3)28(16,33)24(35)34-15-17-7-5-4-6-8-17/h4-10,12,16,19-20,22-23,32-33H,11,13-15H2,1-3H3/t16-,19+,20+,22+,23-,25+,26+,27+,28+/m1/s1. The van der Waals surface area contributed by atoms with Crippen LogP contribution in [0.1, 0.15) is 45.6 Å². The van der Waals surface area contributed by atoms with Gasteiger partial charge in [0.15, 0.2) is 16.5 Å². The number of allylic oxidation sites excluding steroid dienone is 4. The number of aliphatic hydroxyl groups is 2. The monoisotopic (exact) mass is 502 g/mol. The topological polar surface area (TPSA) is 66.8 Å². The van der Waals surface area contributed by atoms with Crippen LogP contribution in [0.25, 0.3) is 0 Å². The number of halogens is 2. The van der Waals surface area contributed by atoms with E-state index in [2.05, 4.69) is 0 Å². The highest BCUT2D eigenvalue weighted by atomic mass is 32.1. The molecule has 0 aliphatic heterocycles. The third-order valence-electron chi connectivity index (χ3n) is 9.73. The molecular formula is C28H32F2O4S. The Hall–Kier alpha value is -1.96. The third-order valence-corrected chi connectivity index (χ3v) is 10.2. The Labute approximate surface area is 210 Å². The van der Waals surface area contributed by atoms with E-state index >= 15 is 8.78 Å². The first-order valence-electron chi connectivity index (χ1n) is 12.3. The van der Waals surface area contributed by atoms with Crippen molar-refractivity contribution in [3.63, 3.8) is 0 Å². The lowest BCUT2D eigenvalue weighted by molar-refractivity contribution is -0.215. The first-order valence-corrected chi connectivity index (χ1v) is 12.7. The van der Waals surface area contributed by atoms with E-state index in [9.17, 15) is 15.0 Å². The lowest BCUT2D eigenvalue weighted by Gasteiger charge is -2.63. The zero-order valence-corrected chi connectivity index (χ0v) is 21.0. The van der Waals surface area contributed by atoms with Crippen molar-refractivity contribution in [1.29, 1.82) is 0 Å². The molecule has 4 aliphatic rings. The zero-order chi connectivity index (χ0) is 25.4. The minimum Gasteiger partial charge on any atom is -0.479 e. The van der Waals surface area contributed by atoms with Crippen LogP contribution in [0.5, 0.6) is 0 Å². The van der Waals surface area contributed by atoms with Gasteiger partial charge in [-0.2, -0.15) is 0 Å². The van der Waals surface area contributed by atoms with Gasteiger partial charge in [0.25, 0.3) is 0 Å². The Kier molecular flexibility index (Phi) is 5.67. The van der Waals surface area contributed by atoms with Crippen LogP contribution in [-0.4, -0.2) is 44.6 Å². The summed E-state index contributed by atoms with van der Waals surface area (Å²) < 4.78 is 38.7. The predicted octanol–water partition coefficient (Wildman–Crippen LogP) is 4.83. The molecule has 3 saturated carbocycles. The van der Waals surface area contributed by atoms with Crippen molar-refractivity contribution in [2.75, 3.05) is 0 Å². The number of benzene rings is 1. The number of carbonyl (C=O) groups is 1. The van der Waals surface area contributed by atoms with Gasteiger partial charge in [0, 0.05) is 16.7 Å². The Morgan fingerprint density at radius 3 is 2.57 bits per heavy atom. The van der Waals surface area contributed by atoms with Crippen LogP contribution in [0.2, 0.25) is 0 Å². The predicted molar refractivity (Wildman–Crippen MR) is 132 cm³/mol. The van der Waals surface area contributed by atoms with Gasteiger partial charge in [-0.25, -0.2) is 8.78 Å². The molecule has 0 aromatic heterocycles. The highest BCUT2D eigenvalue weighted by Gasteiger charge is 2.76. The van der Waals surface area contributed by atoms with Gasteiger partial charge < -0.3 is 14.9 Å². The van der Waals surface area contributed by atoms with Gasteiger partial charge in [0.05, 0.1) is 6.10 Å². The average Bonchev–Trinajstić information content (AvgIpc) is 3.03. The number of ether oxygens (including phenoxy) is 1. The Bertz CT molecular complexity index is 1120. The van der Waals surface area contributed by atoms with Gasteiger partial charge in [-0.05, 0) is 73.5 Å². The number of hydrogen-bond acceptors (Lipinski definition) is 5. The van der Waals surface area contributed by atoms with Gasteiger partial charge in [0.1, 0.15) is 18.4 Å². The average molecular weight is 503 g/mol. The summed E-state index contributed by atoms with van der Waals surface area (Å²) in [5.41, 5.74) is -5.24. The number of ketones is 1. The molecule has 188 valence electrons. The second-order valence-corrected chi connectivity index (χ2v) is 11.7. The number of thiocarbonyl (C=S) groups is 1.